The van der Waals surface area contributed by atoms with E-state index >= 15 is 0 Å². The number of aromatic nitrogens is 1. The van der Waals surface area contributed by atoms with Crippen LogP contribution >= 0.6 is 11.3 Å². The Balaban J connectivity index is 1.63. The SMILES string of the molecule is COc1ccc(-c2csc(NC(=O)Cc3ccc(S(=O)(=O)C(C)C)cc3)n2)cc1. The van der Waals surface area contributed by atoms with E-state index in [1.54, 1.807) is 45.2 Å². The monoisotopic (exact) mass is 430 g/mol. The van der Waals surface area contributed by atoms with Crippen LogP contribution in [0.15, 0.2) is 58.8 Å². The second-order valence-corrected chi connectivity index (χ2v) is 10.1. The van der Waals surface area contributed by atoms with Gasteiger partial charge in [0, 0.05) is 10.9 Å². The summed E-state index contributed by atoms with van der Waals surface area (Å²) >= 11 is 1.35. The largest absolute Gasteiger partial charge is 0.497 e. The molecule has 1 aromatic heterocycles. The number of amides is 1. The predicted molar refractivity (Wildman–Crippen MR) is 115 cm³/mol. The van der Waals surface area contributed by atoms with Gasteiger partial charge in [-0.3, -0.25) is 4.79 Å². The second kappa shape index (κ2) is 8.75. The Morgan fingerprint density at radius 3 is 2.34 bits per heavy atom. The molecular formula is C21H22N2O4S2. The van der Waals surface area contributed by atoms with Gasteiger partial charge < -0.3 is 10.1 Å². The van der Waals surface area contributed by atoms with Crippen molar-refractivity contribution >= 4 is 32.2 Å². The lowest BCUT2D eigenvalue weighted by molar-refractivity contribution is -0.115. The zero-order valence-electron chi connectivity index (χ0n) is 16.4. The van der Waals surface area contributed by atoms with Crippen LogP contribution in [0, 0.1) is 0 Å². The topological polar surface area (TPSA) is 85.4 Å². The van der Waals surface area contributed by atoms with Crippen molar-refractivity contribution < 1.29 is 17.9 Å². The fourth-order valence-corrected chi connectivity index (χ4v) is 4.44. The first-order chi connectivity index (χ1) is 13.8. The van der Waals surface area contributed by atoms with Gasteiger partial charge in [-0.25, -0.2) is 13.4 Å². The molecule has 2 aromatic carbocycles. The highest BCUT2D eigenvalue weighted by Crippen LogP contribution is 2.26. The quantitative estimate of drug-likeness (QED) is 0.608. The van der Waals surface area contributed by atoms with E-state index in [1.807, 2.05) is 29.6 Å². The van der Waals surface area contributed by atoms with Crippen LogP contribution in [0.3, 0.4) is 0 Å². The van der Waals surface area contributed by atoms with Gasteiger partial charge in [-0.1, -0.05) is 12.1 Å². The molecule has 0 aliphatic rings. The van der Waals surface area contributed by atoms with Gasteiger partial charge in [-0.2, -0.15) is 0 Å². The third kappa shape index (κ3) is 5.02. The van der Waals surface area contributed by atoms with E-state index in [2.05, 4.69) is 10.3 Å². The number of carbonyl (C=O) groups is 1. The van der Waals surface area contributed by atoms with Crippen LogP contribution in [0.25, 0.3) is 11.3 Å². The van der Waals surface area contributed by atoms with E-state index in [1.165, 1.54) is 11.3 Å². The number of hydrogen-bond acceptors (Lipinski definition) is 6. The first kappa shape index (κ1) is 21.0. The van der Waals surface area contributed by atoms with Crippen LogP contribution in [0.4, 0.5) is 5.13 Å². The molecule has 0 saturated carbocycles. The Morgan fingerprint density at radius 1 is 1.10 bits per heavy atom. The van der Waals surface area contributed by atoms with Crippen LogP contribution in [-0.4, -0.2) is 31.7 Å². The standard InChI is InChI=1S/C21H22N2O4S2/c1-14(2)29(25,26)18-10-4-15(5-11-18)12-20(24)23-21-22-19(13-28-21)16-6-8-17(27-3)9-7-16/h4-11,13-14H,12H2,1-3H3,(H,22,23,24). The number of methoxy groups -OCH3 is 1. The highest BCUT2D eigenvalue weighted by molar-refractivity contribution is 7.92. The van der Waals surface area contributed by atoms with E-state index in [0.29, 0.717) is 5.13 Å². The molecule has 152 valence electrons. The lowest BCUT2D eigenvalue weighted by Crippen LogP contribution is -2.15. The molecule has 1 N–H and O–H groups in total. The lowest BCUT2D eigenvalue weighted by Gasteiger charge is -2.08. The second-order valence-electron chi connectivity index (χ2n) is 6.73. The van der Waals surface area contributed by atoms with Gasteiger partial charge >= 0.3 is 0 Å². The zero-order valence-corrected chi connectivity index (χ0v) is 18.0. The van der Waals surface area contributed by atoms with Crippen molar-refractivity contribution in [3.8, 4) is 17.0 Å². The molecular weight excluding hydrogens is 408 g/mol. The number of hydrogen-bond donors (Lipinski definition) is 1. The number of carbonyl (C=O) groups excluding carboxylic acids is 1. The van der Waals surface area contributed by atoms with Gasteiger partial charge in [0.25, 0.3) is 0 Å². The highest BCUT2D eigenvalue weighted by atomic mass is 32.2. The summed E-state index contributed by atoms with van der Waals surface area (Å²) in [7, 11) is -1.70. The average molecular weight is 431 g/mol. The highest BCUT2D eigenvalue weighted by Gasteiger charge is 2.19. The third-order valence-electron chi connectivity index (χ3n) is 4.37. The van der Waals surface area contributed by atoms with E-state index < -0.39 is 15.1 Å². The molecule has 0 unspecified atom stereocenters. The molecule has 3 aromatic rings. The van der Waals surface area contributed by atoms with Crippen LogP contribution in [-0.2, 0) is 21.1 Å². The maximum absolute atomic E-state index is 12.3. The summed E-state index contributed by atoms with van der Waals surface area (Å²) < 4.78 is 29.5. The normalized spacial score (nSPS) is 11.4. The van der Waals surface area contributed by atoms with Crippen molar-refractivity contribution in [3.63, 3.8) is 0 Å². The van der Waals surface area contributed by atoms with Crippen LogP contribution in [0.1, 0.15) is 19.4 Å². The van der Waals surface area contributed by atoms with E-state index in [4.69, 9.17) is 4.74 Å². The molecule has 0 aliphatic heterocycles. The van der Waals surface area contributed by atoms with Gasteiger partial charge in [0.1, 0.15) is 5.75 Å². The Kier molecular flexibility index (Phi) is 6.34. The summed E-state index contributed by atoms with van der Waals surface area (Å²) in [6.45, 7) is 3.29. The first-order valence-corrected chi connectivity index (χ1v) is 11.4. The average Bonchev–Trinajstić information content (AvgIpc) is 3.16. The molecule has 29 heavy (non-hydrogen) atoms. The lowest BCUT2D eigenvalue weighted by atomic mass is 10.1. The Labute approximate surface area is 174 Å². The number of thiazole rings is 1. The van der Waals surface area contributed by atoms with Gasteiger partial charge in [0.15, 0.2) is 15.0 Å². The summed E-state index contributed by atoms with van der Waals surface area (Å²) in [5.41, 5.74) is 2.44. The predicted octanol–water partition coefficient (Wildman–Crippen LogP) is 4.18. The van der Waals surface area contributed by atoms with E-state index in [-0.39, 0.29) is 17.2 Å². The van der Waals surface area contributed by atoms with Gasteiger partial charge in [0.2, 0.25) is 5.91 Å². The Bertz CT molecular complexity index is 1090. The summed E-state index contributed by atoms with van der Waals surface area (Å²) in [6.07, 6.45) is 0.138. The van der Waals surface area contributed by atoms with Crippen molar-refractivity contribution in [2.75, 3.05) is 12.4 Å². The summed E-state index contributed by atoms with van der Waals surface area (Å²) in [5.74, 6) is 0.560. The zero-order chi connectivity index (χ0) is 21.0. The molecule has 1 amide bonds. The fourth-order valence-electron chi connectivity index (χ4n) is 2.64. The van der Waals surface area contributed by atoms with Crippen molar-refractivity contribution in [1.82, 2.24) is 4.98 Å². The molecule has 8 heteroatoms. The first-order valence-electron chi connectivity index (χ1n) is 9.02. The molecule has 3 rings (SSSR count). The summed E-state index contributed by atoms with van der Waals surface area (Å²) in [4.78, 5) is 17.0. The van der Waals surface area contributed by atoms with Crippen LogP contribution in [0.5, 0.6) is 5.75 Å². The van der Waals surface area contributed by atoms with Crippen molar-refractivity contribution in [2.24, 2.45) is 0 Å². The number of ether oxygens (including phenoxy) is 1. The van der Waals surface area contributed by atoms with E-state index in [9.17, 15) is 13.2 Å². The number of anilines is 1. The van der Waals surface area contributed by atoms with Crippen molar-refractivity contribution in [2.45, 2.75) is 30.4 Å². The number of rotatable bonds is 7. The minimum absolute atomic E-state index is 0.138. The molecule has 0 saturated heterocycles. The molecule has 0 spiro atoms. The fraction of sp³-hybridized carbons (Fsp3) is 0.238. The molecule has 0 bridgehead atoms. The van der Waals surface area contributed by atoms with Gasteiger partial charge in [-0.05, 0) is 55.8 Å². The Morgan fingerprint density at radius 2 is 1.76 bits per heavy atom. The molecule has 0 fully saturated rings. The van der Waals surface area contributed by atoms with Gasteiger partial charge in [-0.15, -0.1) is 11.3 Å². The number of nitrogens with zero attached hydrogens (tertiary/aromatic N) is 1. The molecule has 1 heterocycles. The molecule has 0 atom stereocenters. The van der Waals surface area contributed by atoms with Crippen molar-refractivity contribution in [1.29, 1.82) is 0 Å². The van der Waals surface area contributed by atoms with Crippen molar-refractivity contribution in [3.05, 3.63) is 59.5 Å². The summed E-state index contributed by atoms with van der Waals surface area (Å²) in [6, 6.07) is 14.0. The van der Waals surface area contributed by atoms with Crippen LogP contribution < -0.4 is 10.1 Å². The number of nitrogens with one attached hydrogen (secondary N) is 1. The third-order valence-corrected chi connectivity index (χ3v) is 7.30. The van der Waals surface area contributed by atoms with Crippen LogP contribution in [0.2, 0.25) is 0 Å². The minimum atomic E-state index is -3.32. The molecule has 0 radical (unpaired) electrons. The number of sulfone groups is 1. The maximum Gasteiger partial charge on any atom is 0.230 e. The Hall–Kier alpha value is -2.71. The van der Waals surface area contributed by atoms with E-state index in [0.717, 1.165) is 22.6 Å². The number of benzene rings is 2. The van der Waals surface area contributed by atoms with Gasteiger partial charge in [0.05, 0.1) is 29.4 Å². The maximum atomic E-state index is 12.3. The summed E-state index contributed by atoms with van der Waals surface area (Å²) in [5, 5.41) is 4.70. The minimum Gasteiger partial charge on any atom is -0.497 e. The molecule has 6 nitrogen and oxygen atoms in total. The smallest absolute Gasteiger partial charge is 0.230 e. The molecule has 0 aliphatic carbocycles.